The van der Waals surface area contributed by atoms with Gasteiger partial charge in [-0.3, -0.25) is 9.48 Å². The van der Waals surface area contributed by atoms with Crippen molar-refractivity contribution >= 4 is 11.6 Å². The molecule has 1 heterocycles. The fourth-order valence-electron chi connectivity index (χ4n) is 2.70. The Bertz CT molecular complexity index is 713. The van der Waals surface area contributed by atoms with Crippen LogP contribution in [0.25, 0.3) is 0 Å². The molecule has 2 aromatic rings. The molecule has 0 bridgehead atoms. The van der Waals surface area contributed by atoms with Crippen LogP contribution in [0.5, 0.6) is 5.75 Å². The molecule has 5 nitrogen and oxygen atoms in total. The van der Waals surface area contributed by atoms with E-state index in [9.17, 15) is 13.6 Å². The Balaban J connectivity index is 1.60. The number of alkyl halides is 2. The predicted molar refractivity (Wildman–Crippen MR) is 80.5 cm³/mol. The van der Waals surface area contributed by atoms with Gasteiger partial charge in [-0.2, -0.15) is 13.9 Å². The van der Waals surface area contributed by atoms with Crippen LogP contribution >= 0.6 is 0 Å². The van der Waals surface area contributed by atoms with Gasteiger partial charge in [0.25, 0.3) is 0 Å². The SMILES string of the molecule is Cc1nn(C)cc1NC(=O)[C@@H]1C[C@H]1c1ccc(OC(F)F)cc1. The van der Waals surface area contributed by atoms with Crippen molar-refractivity contribution < 1.29 is 18.3 Å². The molecule has 0 aliphatic heterocycles. The standard InChI is InChI=1S/C16H17F2N3O2/c1-9-14(8-21(2)20-9)19-15(22)13-7-12(13)10-3-5-11(6-4-10)23-16(17)18/h3-6,8,12-13,16H,7H2,1-2H3,(H,19,22)/t12-,13+/m0/s1. The largest absolute Gasteiger partial charge is 0.435 e. The molecule has 1 aliphatic carbocycles. The maximum Gasteiger partial charge on any atom is 0.387 e. The second-order valence-corrected chi connectivity index (χ2v) is 5.69. The minimum absolute atomic E-state index is 0.0426. The maximum absolute atomic E-state index is 12.3. The van der Waals surface area contributed by atoms with Gasteiger partial charge in [-0.15, -0.1) is 0 Å². The fourth-order valence-corrected chi connectivity index (χ4v) is 2.70. The molecule has 1 saturated carbocycles. The van der Waals surface area contributed by atoms with E-state index in [1.54, 1.807) is 30.1 Å². The van der Waals surface area contributed by atoms with Gasteiger partial charge in [0, 0.05) is 19.2 Å². The summed E-state index contributed by atoms with van der Waals surface area (Å²) in [5, 5.41) is 7.07. The van der Waals surface area contributed by atoms with Crippen LogP contribution in [0.1, 0.15) is 23.6 Å². The van der Waals surface area contributed by atoms with Crippen LogP contribution in [-0.4, -0.2) is 22.3 Å². The van der Waals surface area contributed by atoms with Gasteiger partial charge in [-0.25, -0.2) is 0 Å². The van der Waals surface area contributed by atoms with E-state index >= 15 is 0 Å². The van der Waals surface area contributed by atoms with E-state index in [-0.39, 0.29) is 23.5 Å². The number of aryl methyl sites for hydroxylation is 2. The van der Waals surface area contributed by atoms with E-state index in [1.807, 2.05) is 6.92 Å². The Morgan fingerprint density at radius 2 is 2.09 bits per heavy atom. The summed E-state index contributed by atoms with van der Waals surface area (Å²) in [7, 11) is 1.80. The molecule has 23 heavy (non-hydrogen) atoms. The summed E-state index contributed by atoms with van der Waals surface area (Å²) in [5.74, 6) is 0.0967. The van der Waals surface area contributed by atoms with Crippen molar-refractivity contribution in [3.05, 3.63) is 41.7 Å². The molecule has 3 rings (SSSR count). The molecule has 0 unspecified atom stereocenters. The lowest BCUT2D eigenvalue weighted by molar-refractivity contribution is -0.117. The van der Waals surface area contributed by atoms with Crippen LogP contribution in [0.3, 0.4) is 0 Å². The lowest BCUT2D eigenvalue weighted by Crippen LogP contribution is -2.14. The van der Waals surface area contributed by atoms with Crippen molar-refractivity contribution in [2.24, 2.45) is 13.0 Å². The second kappa shape index (κ2) is 5.98. The number of carbonyl (C=O) groups excluding carboxylic acids is 1. The van der Waals surface area contributed by atoms with E-state index in [4.69, 9.17) is 0 Å². The summed E-state index contributed by atoms with van der Waals surface area (Å²) in [6, 6.07) is 6.45. The number of carbonyl (C=O) groups is 1. The highest BCUT2D eigenvalue weighted by atomic mass is 19.3. The molecular weight excluding hydrogens is 304 g/mol. The second-order valence-electron chi connectivity index (χ2n) is 5.69. The van der Waals surface area contributed by atoms with E-state index < -0.39 is 6.61 Å². The van der Waals surface area contributed by atoms with Crippen molar-refractivity contribution in [3.8, 4) is 5.75 Å². The normalized spacial score (nSPS) is 19.7. The number of ether oxygens (including phenoxy) is 1. The summed E-state index contributed by atoms with van der Waals surface area (Å²) >= 11 is 0. The average molecular weight is 321 g/mol. The van der Waals surface area contributed by atoms with Gasteiger partial charge in [-0.1, -0.05) is 12.1 Å². The lowest BCUT2D eigenvalue weighted by Gasteiger charge is -2.06. The number of anilines is 1. The Morgan fingerprint density at radius 3 is 2.65 bits per heavy atom. The molecule has 2 atom stereocenters. The smallest absolute Gasteiger partial charge is 0.387 e. The van der Waals surface area contributed by atoms with E-state index in [0.717, 1.165) is 17.7 Å². The highest BCUT2D eigenvalue weighted by Gasteiger charge is 2.44. The average Bonchev–Trinajstić information content (AvgIpc) is 3.21. The highest BCUT2D eigenvalue weighted by molar-refractivity contribution is 5.95. The van der Waals surface area contributed by atoms with Gasteiger partial charge in [-0.05, 0) is 37.0 Å². The van der Waals surface area contributed by atoms with E-state index in [2.05, 4.69) is 15.2 Å². The highest BCUT2D eigenvalue weighted by Crippen LogP contribution is 2.48. The summed E-state index contributed by atoms with van der Waals surface area (Å²) in [6.45, 7) is -0.995. The monoisotopic (exact) mass is 321 g/mol. The molecule has 1 amide bonds. The third-order valence-electron chi connectivity index (χ3n) is 3.93. The molecule has 0 spiro atoms. The third kappa shape index (κ3) is 3.49. The quantitative estimate of drug-likeness (QED) is 0.921. The Hall–Kier alpha value is -2.44. The molecule has 0 saturated heterocycles. The van der Waals surface area contributed by atoms with Crippen molar-refractivity contribution in [2.45, 2.75) is 25.9 Å². The summed E-state index contributed by atoms with van der Waals surface area (Å²) in [6.07, 6.45) is 2.52. The van der Waals surface area contributed by atoms with Crippen LogP contribution in [0.4, 0.5) is 14.5 Å². The van der Waals surface area contributed by atoms with Gasteiger partial charge in [0.15, 0.2) is 0 Å². The van der Waals surface area contributed by atoms with Crippen molar-refractivity contribution in [2.75, 3.05) is 5.32 Å². The topological polar surface area (TPSA) is 56.2 Å². The van der Waals surface area contributed by atoms with Crippen LogP contribution in [-0.2, 0) is 11.8 Å². The lowest BCUT2D eigenvalue weighted by atomic mass is 10.1. The summed E-state index contributed by atoms with van der Waals surface area (Å²) < 4.78 is 30.2. The number of rotatable bonds is 5. The van der Waals surface area contributed by atoms with E-state index in [1.165, 1.54) is 12.1 Å². The number of nitrogens with one attached hydrogen (secondary N) is 1. The van der Waals surface area contributed by atoms with Gasteiger partial charge in [0.2, 0.25) is 5.91 Å². The van der Waals surface area contributed by atoms with Crippen molar-refractivity contribution in [3.63, 3.8) is 0 Å². The number of hydrogen-bond acceptors (Lipinski definition) is 3. The first-order valence-corrected chi connectivity index (χ1v) is 7.30. The number of amides is 1. The Kier molecular flexibility index (Phi) is 4.02. The minimum Gasteiger partial charge on any atom is -0.435 e. The van der Waals surface area contributed by atoms with Gasteiger partial charge in [0.1, 0.15) is 5.75 Å². The molecule has 1 N–H and O–H groups in total. The first-order valence-electron chi connectivity index (χ1n) is 7.30. The van der Waals surface area contributed by atoms with Gasteiger partial charge >= 0.3 is 6.61 Å². The summed E-state index contributed by atoms with van der Waals surface area (Å²) in [4.78, 5) is 12.3. The maximum atomic E-state index is 12.3. The molecule has 1 aromatic heterocycles. The van der Waals surface area contributed by atoms with Crippen LogP contribution in [0.15, 0.2) is 30.5 Å². The number of nitrogens with zero attached hydrogens (tertiary/aromatic N) is 2. The number of aromatic nitrogens is 2. The first-order chi connectivity index (χ1) is 10.9. The zero-order chi connectivity index (χ0) is 16.6. The van der Waals surface area contributed by atoms with Gasteiger partial charge in [0.05, 0.1) is 11.4 Å². The summed E-state index contributed by atoms with van der Waals surface area (Å²) in [5.41, 5.74) is 2.44. The molecule has 122 valence electrons. The molecular formula is C16H17F2N3O2. The van der Waals surface area contributed by atoms with Crippen LogP contribution < -0.4 is 10.1 Å². The zero-order valence-electron chi connectivity index (χ0n) is 12.8. The van der Waals surface area contributed by atoms with Crippen LogP contribution in [0.2, 0.25) is 0 Å². The van der Waals surface area contributed by atoms with Gasteiger partial charge < -0.3 is 10.1 Å². The molecule has 7 heteroatoms. The Morgan fingerprint density at radius 1 is 1.39 bits per heavy atom. The zero-order valence-corrected chi connectivity index (χ0v) is 12.8. The predicted octanol–water partition coefficient (Wildman–Crippen LogP) is 3.07. The van der Waals surface area contributed by atoms with E-state index in [0.29, 0.717) is 5.69 Å². The van der Waals surface area contributed by atoms with Crippen molar-refractivity contribution in [1.82, 2.24) is 9.78 Å². The molecule has 1 aromatic carbocycles. The minimum atomic E-state index is -2.83. The Labute approximate surface area is 132 Å². The van der Waals surface area contributed by atoms with Crippen molar-refractivity contribution in [1.29, 1.82) is 0 Å². The number of halogens is 2. The number of hydrogen-bond donors (Lipinski definition) is 1. The molecule has 1 fully saturated rings. The third-order valence-corrected chi connectivity index (χ3v) is 3.93. The number of benzene rings is 1. The molecule has 1 aliphatic rings. The molecule has 0 radical (unpaired) electrons. The first kappa shape index (κ1) is 15.5. The van der Waals surface area contributed by atoms with Crippen LogP contribution in [0, 0.1) is 12.8 Å². The fraction of sp³-hybridized carbons (Fsp3) is 0.375.